The van der Waals surface area contributed by atoms with E-state index in [1.807, 2.05) is 24.0 Å². The van der Waals surface area contributed by atoms with Crippen LogP contribution in [0.4, 0.5) is 0 Å². The van der Waals surface area contributed by atoms with Crippen LogP contribution >= 0.6 is 23.7 Å². The number of carbonyl (C=O) groups excluding carboxylic acids is 2. The summed E-state index contributed by atoms with van der Waals surface area (Å²) in [7, 11) is 0. The van der Waals surface area contributed by atoms with Crippen molar-refractivity contribution >= 4 is 35.6 Å². The fourth-order valence-electron chi connectivity index (χ4n) is 2.90. The van der Waals surface area contributed by atoms with E-state index in [0.29, 0.717) is 6.54 Å². The number of piperidine rings is 1. The van der Waals surface area contributed by atoms with Crippen molar-refractivity contribution in [2.24, 2.45) is 5.92 Å². The molecular formula is C17H26ClN3O2S. The molecule has 7 heteroatoms. The highest BCUT2D eigenvalue weighted by molar-refractivity contribution is 7.13. The summed E-state index contributed by atoms with van der Waals surface area (Å²) in [5, 5.41) is 6.34. The highest BCUT2D eigenvalue weighted by Gasteiger charge is 2.25. The largest absolute Gasteiger partial charge is 0.348 e. The molecule has 0 spiro atoms. The van der Waals surface area contributed by atoms with Gasteiger partial charge < -0.3 is 15.5 Å². The lowest BCUT2D eigenvalue weighted by molar-refractivity contribution is -0.131. The smallest absolute Gasteiger partial charge is 0.261 e. The lowest BCUT2D eigenvalue weighted by atomic mass is 10.0. The fourth-order valence-corrected chi connectivity index (χ4v) is 3.67. The first-order valence-electron chi connectivity index (χ1n) is 8.47. The molecule has 2 aliphatic rings. The van der Waals surface area contributed by atoms with Crippen LogP contribution in [0.1, 0.15) is 40.2 Å². The molecule has 2 fully saturated rings. The van der Waals surface area contributed by atoms with Crippen molar-refractivity contribution in [1.82, 2.24) is 15.5 Å². The maximum Gasteiger partial charge on any atom is 0.261 e. The second kappa shape index (κ2) is 8.83. The Bertz CT molecular complexity index is 566. The number of carbonyl (C=O) groups is 2. The van der Waals surface area contributed by atoms with Gasteiger partial charge in [-0.25, -0.2) is 0 Å². The van der Waals surface area contributed by atoms with Gasteiger partial charge in [-0.3, -0.25) is 9.59 Å². The molecule has 1 aliphatic carbocycles. The highest BCUT2D eigenvalue weighted by atomic mass is 35.5. The lowest BCUT2D eigenvalue weighted by Crippen LogP contribution is -2.48. The standard InChI is InChI=1S/C17H25N3O2S.ClH/c1-12-2-5-15(23-12)17(22)19-14-6-8-20(9-7-14)16(21)11-18-10-13-3-4-13;/h2,5,13-14,18H,3-4,6-11H2,1H3,(H,19,22);1H. The zero-order valence-electron chi connectivity index (χ0n) is 14.0. The molecule has 3 rings (SSSR count). The van der Waals surface area contributed by atoms with E-state index in [1.165, 1.54) is 24.2 Å². The van der Waals surface area contributed by atoms with Crippen LogP contribution in [0.25, 0.3) is 0 Å². The van der Waals surface area contributed by atoms with E-state index in [-0.39, 0.29) is 30.3 Å². The van der Waals surface area contributed by atoms with Crippen molar-refractivity contribution in [3.8, 4) is 0 Å². The first-order valence-corrected chi connectivity index (χ1v) is 9.29. The van der Waals surface area contributed by atoms with Crippen molar-refractivity contribution in [3.63, 3.8) is 0 Å². The number of amides is 2. The summed E-state index contributed by atoms with van der Waals surface area (Å²) in [6.45, 7) is 4.89. The predicted octanol–water partition coefficient (Wildman–Crippen LogP) is 2.20. The number of aryl methyl sites for hydroxylation is 1. The van der Waals surface area contributed by atoms with Crippen LogP contribution in [-0.4, -0.2) is 48.9 Å². The number of nitrogens with one attached hydrogen (secondary N) is 2. The molecule has 2 N–H and O–H groups in total. The zero-order chi connectivity index (χ0) is 16.2. The van der Waals surface area contributed by atoms with Gasteiger partial charge in [0.15, 0.2) is 0 Å². The third kappa shape index (κ3) is 5.46. The minimum Gasteiger partial charge on any atom is -0.348 e. The van der Waals surface area contributed by atoms with Crippen molar-refractivity contribution in [2.45, 2.75) is 38.6 Å². The Hall–Kier alpha value is -1.11. The summed E-state index contributed by atoms with van der Waals surface area (Å²) in [5.41, 5.74) is 0. The Morgan fingerprint density at radius 3 is 2.50 bits per heavy atom. The molecule has 1 aliphatic heterocycles. The number of hydrogen-bond acceptors (Lipinski definition) is 4. The van der Waals surface area contributed by atoms with E-state index >= 15 is 0 Å². The fraction of sp³-hybridized carbons (Fsp3) is 0.647. The molecule has 0 aromatic carbocycles. The first kappa shape index (κ1) is 19.2. The molecule has 0 bridgehead atoms. The Labute approximate surface area is 153 Å². The highest BCUT2D eigenvalue weighted by Crippen LogP contribution is 2.27. The van der Waals surface area contributed by atoms with Gasteiger partial charge in [0, 0.05) is 24.0 Å². The molecule has 5 nitrogen and oxygen atoms in total. The molecule has 2 heterocycles. The summed E-state index contributed by atoms with van der Waals surface area (Å²) in [5.74, 6) is 0.993. The van der Waals surface area contributed by atoms with Crippen LogP contribution in [0.5, 0.6) is 0 Å². The molecule has 24 heavy (non-hydrogen) atoms. The van der Waals surface area contributed by atoms with Crippen LogP contribution in [0, 0.1) is 12.8 Å². The van der Waals surface area contributed by atoms with E-state index in [2.05, 4.69) is 10.6 Å². The van der Waals surface area contributed by atoms with Gasteiger partial charge in [0.1, 0.15) is 0 Å². The van der Waals surface area contributed by atoms with Gasteiger partial charge in [-0.15, -0.1) is 23.7 Å². The Kier molecular flexibility index (Phi) is 7.07. The van der Waals surface area contributed by atoms with Gasteiger partial charge in [-0.05, 0) is 57.2 Å². The topological polar surface area (TPSA) is 61.4 Å². The number of thiophene rings is 1. The summed E-state index contributed by atoms with van der Waals surface area (Å²) in [6.07, 6.45) is 4.28. The number of halogens is 1. The van der Waals surface area contributed by atoms with E-state index < -0.39 is 0 Å². The van der Waals surface area contributed by atoms with Crippen LogP contribution in [-0.2, 0) is 4.79 Å². The SMILES string of the molecule is Cc1ccc(C(=O)NC2CCN(C(=O)CNCC3CC3)CC2)s1.Cl. The van der Waals surface area contributed by atoms with Crippen LogP contribution in [0.3, 0.4) is 0 Å². The summed E-state index contributed by atoms with van der Waals surface area (Å²) < 4.78 is 0. The quantitative estimate of drug-likeness (QED) is 0.805. The zero-order valence-corrected chi connectivity index (χ0v) is 15.7. The summed E-state index contributed by atoms with van der Waals surface area (Å²) in [4.78, 5) is 28.1. The average molecular weight is 372 g/mol. The van der Waals surface area contributed by atoms with E-state index in [4.69, 9.17) is 0 Å². The van der Waals surface area contributed by atoms with Gasteiger partial charge in [0.2, 0.25) is 5.91 Å². The minimum atomic E-state index is 0. The second-order valence-corrected chi connectivity index (χ2v) is 7.90. The molecule has 1 aromatic rings. The minimum absolute atomic E-state index is 0. The van der Waals surface area contributed by atoms with Crippen molar-refractivity contribution in [2.75, 3.05) is 26.2 Å². The number of rotatable bonds is 6. The second-order valence-electron chi connectivity index (χ2n) is 6.61. The normalized spacial score (nSPS) is 18.1. The van der Waals surface area contributed by atoms with Crippen molar-refractivity contribution in [1.29, 1.82) is 0 Å². The van der Waals surface area contributed by atoms with E-state index in [9.17, 15) is 9.59 Å². The summed E-state index contributed by atoms with van der Waals surface area (Å²) in [6, 6.07) is 4.02. The predicted molar refractivity (Wildman–Crippen MR) is 99.0 cm³/mol. The monoisotopic (exact) mass is 371 g/mol. The number of likely N-dealkylation sites (tertiary alicyclic amines) is 1. The molecule has 1 aromatic heterocycles. The third-order valence-corrected chi connectivity index (χ3v) is 5.55. The molecule has 0 atom stereocenters. The number of nitrogens with zero attached hydrogens (tertiary/aromatic N) is 1. The Balaban J connectivity index is 0.00000208. The third-order valence-electron chi connectivity index (χ3n) is 4.55. The van der Waals surface area contributed by atoms with Gasteiger partial charge in [-0.2, -0.15) is 0 Å². The van der Waals surface area contributed by atoms with E-state index in [1.54, 1.807) is 0 Å². The molecule has 0 radical (unpaired) electrons. The Morgan fingerprint density at radius 1 is 1.21 bits per heavy atom. The number of hydrogen-bond donors (Lipinski definition) is 2. The van der Waals surface area contributed by atoms with Crippen molar-refractivity contribution in [3.05, 3.63) is 21.9 Å². The van der Waals surface area contributed by atoms with Gasteiger partial charge >= 0.3 is 0 Å². The van der Waals surface area contributed by atoms with Crippen LogP contribution in [0.2, 0.25) is 0 Å². The molecular weight excluding hydrogens is 346 g/mol. The molecule has 2 amide bonds. The molecule has 0 unspecified atom stereocenters. The van der Waals surface area contributed by atoms with Gasteiger partial charge in [-0.1, -0.05) is 0 Å². The van der Waals surface area contributed by atoms with Gasteiger partial charge in [0.05, 0.1) is 11.4 Å². The van der Waals surface area contributed by atoms with Crippen LogP contribution in [0.15, 0.2) is 12.1 Å². The van der Waals surface area contributed by atoms with E-state index in [0.717, 1.165) is 48.1 Å². The lowest BCUT2D eigenvalue weighted by Gasteiger charge is -2.32. The molecule has 1 saturated heterocycles. The Morgan fingerprint density at radius 2 is 1.92 bits per heavy atom. The average Bonchev–Trinajstić information content (AvgIpc) is 3.26. The first-order chi connectivity index (χ1) is 11.1. The molecule has 1 saturated carbocycles. The van der Waals surface area contributed by atoms with Crippen molar-refractivity contribution < 1.29 is 9.59 Å². The molecule has 134 valence electrons. The summed E-state index contributed by atoms with van der Waals surface area (Å²) >= 11 is 1.52. The van der Waals surface area contributed by atoms with Crippen LogP contribution < -0.4 is 10.6 Å². The van der Waals surface area contributed by atoms with Gasteiger partial charge in [0.25, 0.3) is 5.91 Å². The maximum absolute atomic E-state index is 12.2. The maximum atomic E-state index is 12.2.